The number of piperidine rings is 1. The molecule has 1 aliphatic heterocycles. The number of rotatable bonds is 6. The number of benzene rings is 2. The highest BCUT2D eigenvalue weighted by atomic mass is 32.1. The van der Waals surface area contributed by atoms with Gasteiger partial charge in [0.25, 0.3) is 0 Å². The predicted molar refractivity (Wildman–Crippen MR) is 120 cm³/mol. The maximum Gasteiger partial charge on any atom is 0.231 e. The van der Waals surface area contributed by atoms with E-state index in [1.54, 1.807) is 12.0 Å². The van der Waals surface area contributed by atoms with Crippen LogP contribution in [0.4, 0.5) is 10.8 Å². The number of carbonyl (C=O) groups is 2. The molecule has 2 aromatic carbocycles. The summed E-state index contributed by atoms with van der Waals surface area (Å²) in [6, 6.07) is 16.6. The standard InChI is InChI=1S/C23H24N4O3S/c1-3-19-25-26-23(31-19)24-22(29)18-13-14-20(28)27(16-9-11-17(30-2)12-10-16)21(18)15-7-5-4-6-8-15/h4-12,18,21H,3,13-14H2,1-2H3,(H,24,26,29)/t18-,21+/m0/s1. The van der Waals surface area contributed by atoms with Crippen molar-refractivity contribution in [3.05, 3.63) is 65.2 Å². The number of aryl methyl sites for hydroxylation is 1. The molecule has 2 amide bonds. The van der Waals surface area contributed by atoms with E-state index in [9.17, 15) is 9.59 Å². The van der Waals surface area contributed by atoms with Crippen LogP contribution in [-0.4, -0.2) is 29.1 Å². The van der Waals surface area contributed by atoms with Crippen LogP contribution in [0.1, 0.15) is 36.4 Å². The maximum absolute atomic E-state index is 13.3. The molecule has 8 heteroatoms. The largest absolute Gasteiger partial charge is 0.497 e. The van der Waals surface area contributed by atoms with Gasteiger partial charge in [-0.05, 0) is 42.7 Å². The zero-order valence-electron chi connectivity index (χ0n) is 17.4. The van der Waals surface area contributed by atoms with E-state index in [2.05, 4.69) is 15.5 Å². The molecular formula is C23H24N4O3S. The Morgan fingerprint density at radius 2 is 1.90 bits per heavy atom. The molecule has 2 heterocycles. The van der Waals surface area contributed by atoms with E-state index < -0.39 is 12.0 Å². The molecule has 2 atom stereocenters. The van der Waals surface area contributed by atoms with E-state index in [0.717, 1.165) is 22.7 Å². The van der Waals surface area contributed by atoms with Gasteiger partial charge in [-0.3, -0.25) is 9.59 Å². The minimum atomic E-state index is -0.422. The van der Waals surface area contributed by atoms with Gasteiger partial charge in [-0.1, -0.05) is 48.6 Å². The molecule has 1 fully saturated rings. The number of aromatic nitrogens is 2. The molecule has 3 aromatic rings. The first kappa shape index (κ1) is 21.0. The molecule has 0 unspecified atom stereocenters. The van der Waals surface area contributed by atoms with Crippen molar-refractivity contribution in [1.82, 2.24) is 10.2 Å². The highest BCUT2D eigenvalue weighted by Gasteiger charge is 2.41. The van der Waals surface area contributed by atoms with Gasteiger partial charge in [-0.15, -0.1) is 10.2 Å². The minimum Gasteiger partial charge on any atom is -0.497 e. The monoisotopic (exact) mass is 436 g/mol. The van der Waals surface area contributed by atoms with Crippen molar-refractivity contribution in [3.8, 4) is 5.75 Å². The van der Waals surface area contributed by atoms with Crippen LogP contribution in [-0.2, 0) is 16.0 Å². The van der Waals surface area contributed by atoms with Gasteiger partial charge < -0.3 is 15.0 Å². The number of hydrogen-bond acceptors (Lipinski definition) is 6. The van der Waals surface area contributed by atoms with Crippen molar-refractivity contribution < 1.29 is 14.3 Å². The Kier molecular flexibility index (Phi) is 6.27. The molecule has 1 N–H and O–H groups in total. The molecule has 0 aliphatic carbocycles. The number of carbonyl (C=O) groups excluding carboxylic acids is 2. The molecule has 160 valence electrons. The summed E-state index contributed by atoms with van der Waals surface area (Å²) in [6.07, 6.45) is 1.53. The fourth-order valence-corrected chi connectivity index (χ4v) is 4.57. The average Bonchev–Trinajstić information content (AvgIpc) is 3.27. The van der Waals surface area contributed by atoms with Crippen LogP contribution in [0.2, 0.25) is 0 Å². The number of hydrogen-bond donors (Lipinski definition) is 1. The maximum atomic E-state index is 13.3. The lowest BCUT2D eigenvalue weighted by molar-refractivity contribution is -0.125. The molecule has 7 nitrogen and oxygen atoms in total. The average molecular weight is 437 g/mol. The fourth-order valence-electron chi connectivity index (χ4n) is 3.89. The van der Waals surface area contributed by atoms with E-state index in [0.29, 0.717) is 23.7 Å². The van der Waals surface area contributed by atoms with Gasteiger partial charge in [0.2, 0.25) is 16.9 Å². The SMILES string of the molecule is CCc1nnc(NC(=O)[C@H]2CCC(=O)N(c3ccc(OC)cc3)[C@@H]2c2ccccc2)s1. The normalized spacial score (nSPS) is 18.6. The summed E-state index contributed by atoms with van der Waals surface area (Å²) in [5.41, 5.74) is 1.65. The van der Waals surface area contributed by atoms with Crippen LogP contribution >= 0.6 is 11.3 Å². The van der Waals surface area contributed by atoms with Crippen LogP contribution < -0.4 is 15.0 Å². The topological polar surface area (TPSA) is 84.4 Å². The summed E-state index contributed by atoms with van der Waals surface area (Å²) in [5.74, 6) is 0.129. The third-order valence-electron chi connectivity index (χ3n) is 5.43. The van der Waals surface area contributed by atoms with Gasteiger partial charge >= 0.3 is 0 Å². The number of methoxy groups -OCH3 is 1. The summed E-state index contributed by atoms with van der Waals surface area (Å²) < 4.78 is 5.25. The third kappa shape index (κ3) is 4.44. The van der Waals surface area contributed by atoms with Gasteiger partial charge in [0, 0.05) is 12.1 Å². The first-order chi connectivity index (χ1) is 15.1. The van der Waals surface area contributed by atoms with Crippen LogP contribution in [0.3, 0.4) is 0 Å². The lowest BCUT2D eigenvalue weighted by Gasteiger charge is -2.40. The summed E-state index contributed by atoms with van der Waals surface area (Å²) in [4.78, 5) is 28.1. The number of ether oxygens (including phenoxy) is 1. The van der Waals surface area contributed by atoms with Crippen molar-refractivity contribution in [2.45, 2.75) is 32.2 Å². The van der Waals surface area contributed by atoms with Crippen LogP contribution in [0.15, 0.2) is 54.6 Å². The van der Waals surface area contributed by atoms with E-state index in [4.69, 9.17) is 4.74 Å². The van der Waals surface area contributed by atoms with Crippen LogP contribution in [0.25, 0.3) is 0 Å². The summed E-state index contributed by atoms with van der Waals surface area (Å²) >= 11 is 1.38. The van der Waals surface area contributed by atoms with E-state index in [-0.39, 0.29) is 11.8 Å². The second kappa shape index (κ2) is 9.26. The molecule has 1 saturated heterocycles. The first-order valence-corrected chi connectivity index (χ1v) is 11.1. The number of nitrogens with zero attached hydrogens (tertiary/aromatic N) is 3. The Hall–Kier alpha value is -3.26. The highest BCUT2D eigenvalue weighted by Crippen LogP contribution is 2.41. The Labute approximate surface area is 185 Å². The van der Waals surface area contributed by atoms with Gasteiger partial charge in [-0.25, -0.2) is 0 Å². The van der Waals surface area contributed by atoms with Crippen LogP contribution in [0.5, 0.6) is 5.75 Å². The van der Waals surface area contributed by atoms with E-state index >= 15 is 0 Å². The van der Waals surface area contributed by atoms with Gasteiger partial charge in [0.05, 0.1) is 19.1 Å². The van der Waals surface area contributed by atoms with Crippen molar-refractivity contribution in [2.75, 3.05) is 17.3 Å². The molecule has 4 rings (SSSR count). The van der Waals surface area contributed by atoms with Gasteiger partial charge in [0.1, 0.15) is 10.8 Å². The van der Waals surface area contributed by atoms with Crippen molar-refractivity contribution >= 4 is 34.0 Å². The first-order valence-electron chi connectivity index (χ1n) is 10.2. The zero-order valence-corrected chi connectivity index (χ0v) is 18.3. The Bertz CT molecular complexity index is 1050. The highest BCUT2D eigenvalue weighted by molar-refractivity contribution is 7.15. The fraction of sp³-hybridized carbons (Fsp3) is 0.304. The molecule has 0 bridgehead atoms. The van der Waals surface area contributed by atoms with Crippen molar-refractivity contribution in [3.63, 3.8) is 0 Å². The number of nitrogens with one attached hydrogen (secondary N) is 1. The summed E-state index contributed by atoms with van der Waals surface area (Å²) in [7, 11) is 1.60. The molecule has 0 saturated carbocycles. The molecule has 31 heavy (non-hydrogen) atoms. The summed E-state index contributed by atoms with van der Waals surface area (Å²) in [5, 5.41) is 12.4. The lowest BCUT2D eigenvalue weighted by Crippen LogP contribution is -2.46. The Morgan fingerprint density at radius 3 is 2.55 bits per heavy atom. The molecular weight excluding hydrogens is 412 g/mol. The third-order valence-corrected chi connectivity index (χ3v) is 6.41. The Balaban J connectivity index is 1.69. The van der Waals surface area contributed by atoms with Gasteiger partial charge in [0.15, 0.2) is 0 Å². The zero-order chi connectivity index (χ0) is 21.8. The minimum absolute atomic E-state index is 0.00717. The Morgan fingerprint density at radius 1 is 1.16 bits per heavy atom. The molecule has 1 aliphatic rings. The second-order valence-electron chi connectivity index (χ2n) is 7.31. The number of amides is 2. The second-order valence-corrected chi connectivity index (χ2v) is 8.37. The van der Waals surface area contributed by atoms with Crippen molar-refractivity contribution in [1.29, 1.82) is 0 Å². The van der Waals surface area contributed by atoms with Crippen molar-refractivity contribution in [2.24, 2.45) is 5.92 Å². The molecule has 1 aromatic heterocycles. The van der Waals surface area contributed by atoms with E-state index in [1.165, 1.54) is 11.3 Å². The number of anilines is 2. The predicted octanol–water partition coefficient (Wildman–Crippen LogP) is 4.23. The smallest absolute Gasteiger partial charge is 0.231 e. The lowest BCUT2D eigenvalue weighted by atomic mass is 9.83. The quantitative estimate of drug-likeness (QED) is 0.625. The van der Waals surface area contributed by atoms with Gasteiger partial charge in [-0.2, -0.15) is 0 Å². The molecule has 0 radical (unpaired) electrons. The van der Waals surface area contributed by atoms with Crippen LogP contribution in [0, 0.1) is 5.92 Å². The van der Waals surface area contributed by atoms with E-state index in [1.807, 2.05) is 61.5 Å². The summed E-state index contributed by atoms with van der Waals surface area (Å²) in [6.45, 7) is 2.00. The molecule has 0 spiro atoms.